The Labute approximate surface area is 193 Å². The van der Waals surface area contributed by atoms with Crippen molar-refractivity contribution >= 4 is 22.8 Å². The van der Waals surface area contributed by atoms with Crippen LogP contribution in [0.3, 0.4) is 0 Å². The highest BCUT2D eigenvalue weighted by Crippen LogP contribution is 2.31. The highest BCUT2D eigenvalue weighted by molar-refractivity contribution is 5.92. The number of ether oxygens (including phenoxy) is 1. The zero-order valence-electron chi connectivity index (χ0n) is 18.8. The lowest BCUT2D eigenvalue weighted by Gasteiger charge is -2.12. The van der Waals surface area contributed by atoms with Crippen LogP contribution in [0.4, 0.5) is 19.0 Å². The van der Waals surface area contributed by atoms with Gasteiger partial charge in [-0.2, -0.15) is 18.3 Å². The molecule has 0 aliphatic carbocycles. The Morgan fingerprint density at radius 3 is 2.50 bits per heavy atom. The van der Waals surface area contributed by atoms with Crippen LogP contribution in [-0.4, -0.2) is 32.8 Å². The van der Waals surface area contributed by atoms with Crippen molar-refractivity contribution in [1.29, 1.82) is 0 Å². The molecule has 0 aliphatic rings. The third-order valence-corrected chi connectivity index (χ3v) is 5.37. The molecular formula is C24H22F3N5O2. The number of methoxy groups -OCH3 is 1. The number of nitrogens with zero attached hydrogens (tertiary/aromatic N) is 4. The number of aromatic nitrogens is 4. The van der Waals surface area contributed by atoms with Crippen LogP contribution >= 0.6 is 0 Å². The van der Waals surface area contributed by atoms with E-state index in [1.165, 1.54) is 13.2 Å². The van der Waals surface area contributed by atoms with Gasteiger partial charge >= 0.3 is 12.1 Å². The molecule has 2 aromatic carbocycles. The fourth-order valence-corrected chi connectivity index (χ4v) is 3.65. The van der Waals surface area contributed by atoms with Gasteiger partial charge in [-0.25, -0.2) is 19.4 Å². The number of benzene rings is 2. The predicted octanol–water partition coefficient (Wildman–Crippen LogP) is 5.01. The summed E-state index contributed by atoms with van der Waals surface area (Å²) in [7, 11) is 3.08. The van der Waals surface area contributed by atoms with E-state index in [0.717, 1.165) is 17.8 Å². The quantitative estimate of drug-likeness (QED) is 0.400. The molecule has 34 heavy (non-hydrogen) atoms. The third kappa shape index (κ3) is 4.57. The van der Waals surface area contributed by atoms with Crippen molar-refractivity contribution in [2.45, 2.75) is 26.1 Å². The van der Waals surface area contributed by atoms with Gasteiger partial charge in [0.25, 0.3) is 0 Å². The normalized spacial score (nSPS) is 11.6. The highest BCUT2D eigenvalue weighted by atomic mass is 19.4. The van der Waals surface area contributed by atoms with Crippen LogP contribution in [0.2, 0.25) is 0 Å². The van der Waals surface area contributed by atoms with Gasteiger partial charge in [-0.1, -0.05) is 31.2 Å². The van der Waals surface area contributed by atoms with Gasteiger partial charge < -0.3 is 10.1 Å². The van der Waals surface area contributed by atoms with Gasteiger partial charge in [-0.3, -0.25) is 0 Å². The lowest BCUT2D eigenvalue weighted by Crippen LogP contribution is -2.08. The van der Waals surface area contributed by atoms with Crippen molar-refractivity contribution in [3.05, 3.63) is 70.9 Å². The van der Waals surface area contributed by atoms with Crippen molar-refractivity contribution in [2.75, 3.05) is 12.4 Å². The number of esters is 1. The number of carbonyl (C=O) groups is 1. The first kappa shape index (κ1) is 23.2. The van der Waals surface area contributed by atoms with Crippen molar-refractivity contribution in [2.24, 2.45) is 7.05 Å². The van der Waals surface area contributed by atoms with E-state index in [9.17, 15) is 18.0 Å². The first-order valence-electron chi connectivity index (χ1n) is 10.5. The molecule has 1 N–H and O–H groups in total. The van der Waals surface area contributed by atoms with Crippen LogP contribution in [0.15, 0.2) is 48.5 Å². The molecule has 10 heteroatoms. The average Bonchev–Trinajstić information content (AvgIpc) is 3.17. The van der Waals surface area contributed by atoms with Crippen molar-refractivity contribution in [3.8, 4) is 11.4 Å². The number of nitrogens with one attached hydrogen (secondary N) is 1. The summed E-state index contributed by atoms with van der Waals surface area (Å²) in [6.45, 7) is 2.09. The zero-order valence-corrected chi connectivity index (χ0v) is 18.8. The predicted molar refractivity (Wildman–Crippen MR) is 121 cm³/mol. The number of aryl methyl sites for hydroxylation is 2. The minimum absolute atomic E-state index is 0.134. The van der Waals surface area contributed by atoms with Gasteiger partial charge in [0.1, 0.15) is 5.82 Å². The lowest BCUT2D eigenvalue weighted by molar-refractivity contribution is -0.137. The number of hydrogen-bond acceptors (Lipinski definition) is 6. The van der Waals surface area contributed by atoms with Crippen LogP contribution in [0.25, 0.3) is 22.4 Å². The first-order chi connectivity index (χ1) is 16.2. The van der Waals surface area contributed by atoms with E-state index < -0.39 is 17.7 Å². The molecule has 0 fully saturated rings. The Morgan fingerprint density at radius 2 is 1.85 bits per heavy atom. The molecule has 0 atom stereocenters. The number of anilines is 1. The van der Waals surface area contributed by atoms with Gasteiger partial charge in [0.15, 0.2) is 11.5 Å². The molecule has 2 aromatic heterocycles. The molecule has 0 unspecified atom stereocenters. The van der Waals surface area contributed by atoms with Crippen LogP contribution < -0.4 is 5.32 Å². The maximum atomic E-state index is 13.1. The molecule has 0 bridgehead atoms. The maximum Gasteiger partial charge on any atom is 0.416 e. The topological polar surface area (TPSA) is 81.9 Å². The molecule has 2 heterocycles. The summed E-state index contributed by atoms with van der Waals surface area (Å²) >= 11 is 0. The third-order valence-electron chi connectivity index (χ3n) is 5.37. The van der Waals surface area contributed by atoms with Gasteiger partial charge in [-0.15, -0.1) is 0 Å². The highest BCUT2D eigenvalue weighted by Gasteiger charge is 2.30. The van der Waals surface area contributed by atoms with Crippen LogP contribution in [-0.2, 0) is 30.9 Å². The van der Waals surface area contributed by atoms with E-state index in [-0.39, 0.29) is 6.54 Å². The molecule has 4 rings (SSSR count). The van der Waals surface area contributed by atoms with Crippen LogP contribution in [0.5, 0.6) is 0 Å². The van der Waals surface area contributed by atoms with Gasteiger partial charge in [0.2, 0.25) is 0 Å². The van der Waals surface area contributed by atoms with E-state index in [1.807, 2.05) is 6.92 Å². The van der Waals surface area contributed by atoms with Gasteiger partial charge in [-0.05, 0) is 36.2 Å². The lowest BCUT2D eigenvalue weighted by atomic mass is 10.1. The van der Waals surface area contributed by atoms with Crippen molar-refractivity contribution in [1.82, 2.24) is 19.7 Å². The number of carbonyl (C=O) groups excluding carboxylic acids is 1. The molecule has 7 nitrogen and oxygen atoms in total. The smallest absolute Gasteiger partial charge is 0.416 e. The molecular weight excluding hydrogens is 447 g/mol. The Balaban J connectivity index is 1.74. The van der Waals surface area contributed by atoms with Gasteiger partial charge in [0.05, 0.1) is 29.3 Å². The summed E-state index contributed by atoms with van der Waals surface area (Å²) < 4.78 is 45.7. The largest absolute Gasteiger partial charge is 0.465 e. The summed E-state index contributed by atoms with van der Waals surface area (Å²) in [6.07, 6.45) is -3.79. The summed E-state index contributed by atoms with van der Waals surface area (Å²) in [5.41, 5.74) is 2.18. The number of fused-ring (bicyclic) bond motifs is 1. The van der Waals surface area contributed by atoms with E-state index >= 15 is 0 Å². The molecule has 0 radical (unpaired) electrons. The zero-order chi connectivity index (χ0) is 24.5. The van der Waals surface area contributed by atoms with E-state index in [1.54, 1.807) is 42.1 Å². The number of rotatable bonds is 6. The number of alkyl halides is 3. The summed E-state index contributed by atoms with van der Waals surface area (Å²) in [6, 6.07) is 11.8. The van der Waals surface area contributed by atoms with Crippen molar-refractivity contribution in [3.63, 3.8) is 0 Å². The standard InChI is InChI=1S/C24H22F3N5O2/c1-4-18-19-21(28-13-14-6-5-7-17(12-14)24(25,26)27)29-20(30-22(19)32(2)31-18)15-8-10-16(11-9-15)23(33)34-3/h5-12H,4,13H2,1-3H3,(H,28,29,30). The summed E-state index contributed by atoms with van der Waals surface area (Å²) in [4.78, 5) is 21.0. The minimum atomic E-state index is -4.42. The molecule has 0 saturated carbocycles. The molecule has 0 amide bonds. The first-order valence-corrected chi connectivity index (χ1v) is 10.5. The fraction of sp³-hybridized carbons (Fsp3) is 0.250. The second-order valence-electron chi connectivity index (χ2n) is 7.64. The molecule has 4 aromatic rings. The second-order valence-corrected chi connectivity index (χ2v) is 7.64. The summed E-state index contributed by atoms with van der Waals surface area (Å²) in [5.74, 6) is 0.408. The molecule has 0 saturated heterocycles. The molecule has 0 aliphatic heterocycles. The number of hydrogen-bond donors (Lipinski definition) is 1. The Morgan fingerprint density at radius 1 is 1.12 bits per heavy atom. The monoisotopic (exact) mass is 469 g/mol. The Bertz CT molecular complexity index is 1350. The Kier molecular flexibility index (Phi) is 6.23. The maximum absolute atomic E-state index is 13.1. The average molecular weight is 469 g/mol. The van der Waals surface area contributed by atoms with E-state index in [0.29, 0.717) is 45.8 Å². The summed E-state index contributed by atoms with van der Waals surface area (Å²) in [5, 5.41) is 8.41. The molecule has 176 valence electrons. The number of halogens is 3. The van der Waals surface area contributed by atoms with E-state index in [4.69, 9.17) is 4.74 Å². The SMILES string of the molecule is CCc1nn(C)c2nc(-c3ccc(C(=O)OC)cc3)nc(NCc3cccc(C(F)(F)F)c3)c12. The van der Waals surface area contributed by atoms with Gasteiger partial charge in [0, 0.05) is 19.2 Å². The fourth-order valence-electron chi connectivity index (χ4n) is 3.65. The van der Waals surface area contributed by atoms with Crippen molar-refractivity contribution < 1.29 is 22.7 Å². The Hall–Kier alpha value is -3.95. The second kappa shape index (κ2) is 9.12. The van der Waals surface area contributed by atoms with Crippen LogP contribution in [0, 0.1) is 0 Å². The van der Waals surface area contributed by atoms with Crippen LogP contribution in [0.1, 0.15) is 34.1 Å². The molecule has 0 spiro atoms. The minimum Gasteiger partial charge on any atom is -0.465 e. The van der Waals surface area contributed by atoms with E-state index in [2.05, 4.69) is 20.4 Å².